The van der Waals surface area contributed by atoms with Gasteiger partial charge >= 0.3 is 0 Å². The van der Waals surface area contributed by atoms with E-state index in [-0.39, 0.29) is 36.2 Å². The quantitative estimate of drug-likeness (QED) is 0.838. The monoisotopic (exact) mass is 290 g/mol. The molecule has 1 aromatic rings. The van der Waals surface area contributed by atoms with Gasteiger partial charge < -0.3 is 10.5 Å². The van der Waals surface area contributed by atoms with Crippen molar-refractivity contribution in [2.24, 2.45) is 17.6 Å². The van der Waals surface area contributed by atoms with Crippen LogP contribution in [-0.4, -0.2) is 29.9 Å². The summed E-state index contributed by atoms with van der Waals surface area (Å²) in [5.74, 6) is 0.00172. The number of imide groups is 1. The fourth-order valence-electron chi connectivity index (χ4n) is 2.49. The maximum atomic E-state index is 12.1. The van der Waals surface area contributed by atoms with Gasteiger partial charge in [-0.1, -0.05) is 26.0 Å². The molecule has 0 saturated carbocycles. The van der Waals surface area contributed by atoms with Gasteiger partial charge in [0, 0.05) is 24.4 Å². The van der Waals surface area contributed by atoms with E-state index in [9.17, 15) is 9.59 Å². The Labute approximate surface area is 125 Å². The van der Waals surface area contributed by atoms with Crippen molar-refractivity contribution in [3.8, 4) is 5.75 Å². The number of carbonyl (C=O) groups excluding carboxylic acids is 2. The molecule has 114 valence electrons. The number of likely N-dealkylation sites (tertiary alicyclic amines) is 1. The summed E-state index contributed by atoms with van der Waals surface area (Å²) < 4.78 is 5.38. The van der Waals surface area contributed by atoms with Crippen molar-refractivity contribution < 1.29 is 14.3 Å². The van der Waals surface area contributed by atoms with Gasteiger partial charge in [-0.2, -0.15) is 0 Å². The SMILES string of the molecule is CCOc1ccc(C(N)CN2C(=O)C(C)C(C)C2=O)cc1. The predicted octanol–water partition coefficient (Wildman–Crippen LogP) is 1.73. The Balaban J connectivity index is 2.06. The Morgan fingerprint density at radius 1 is 1.14 bits per heavy atom. The van der Waals surface area contributed by atoms with Gasteiger partial charge in [-0.05, 0) is 24.6 Å². The lowest BCUT2D eigenvalue weighted by atomic mass is 10.00. The lowest BCUT2D eigenvalue weighted by Crippen LogP contribution is -2.37. The largest absolute Gasteiger partial charge is 0.494 e. The molecule has 2 N–H and O–H groups in total. The fourth-order valence-corrected chi connectivity index (χ4v) is 2.49. The highest BCUT2D eigenvalue weighted by atomic mass is 16.5. The molecule has 1 fully saturated rings. The third-order valence-corrected chi connectivity index (χ3v) is 4.06. The number of nitrogens with zero attached hydrogens (tertiary/aromatic N) is 1. The molecule has 0 aromatic heterocycles. The molecule has 0 bridgehead atoms. The summed E-state index contributed by atoms with van der Waals surface area (Å²) in [5, 5.41) is 0. The average Bonchev–Trinajstić information content (AvgIpc) is 2.66. The Morgan fingerprint density at radius 3 is 2.14 bits per heavy atom. The van der Waals surface area contributed by atoms with Crippen LogP contribution in [0.25, 0.3) is 0 Å². The molecule has 1 saturated heterocycles. The number of carbonyl (C=O) groups is 2. The summed E-state index contributed by atoms with van der Waals surface area (Å²) in [4.78, 5) is 25.4. The molecule has 5 nitrogen and oxygen atoms in total. The first kappa shape index (κ1) is 15.5. The molecule has 3 unspecified atom stereocenters. The Hall–Kier alpha value is -1.88. The number of rotatable bonds is 5. The van der Waals surface area contributed by atoms with Crippen molar-refractivity contribution in [3.63, 3.8) is 0 Å². The molecule has 0 spiro atoms. The van der Waals surface area contributed by atoms with E-state index in [1.807, 2.05) is 31.2 Å². The Bertz CT molecular complexity index is 507. The third-order valence-electron chi connectivity index (χ3n) is 4.06. The second kappa shape index (κ2) is 6.26. The van der Waals surface area contributed by atoms with E-state index in [0.717, 1.165) is 11.3 Å². The molecule has 21 heavy (non-hydrogen) atoms. The minimum absolute atomic E-state index is 0.131. The van der Waals surface area contributed by atoms with Crippen LogP contribution in [0.5, 0.6) is 5.75 Å². The second-order valence-corrected chi connectivity index (χ2v) is 5.47. The van der Waals surface area contributed by atoms with Gasteiger partial charge in [0.25, 0.3) is 0 Å². The highest BCUT2D eigenvalue weighted by Gasteiger charge is 2.42. The van der Waals surface area contributed by atoms with Gasteiger partial charge in [0.05, 0.1) is 6.61 Å². The van der Waals surface area contributed by atoms with Gasteiger partial charge in [-0.3, -0.25) is 14.5 Å². The Kier molecular flexibility index (Phi) is 4.63. The van der Waals surface area contributed by atoms with Gasteiger partial charge in [0.1, 0.15) is 5.75 Å². The van der Waals surface area contributed by atoms with Crippen molar-refractivity contribution in [2.75, 3.05) is 13.2 Å². The third kappa shape index (κ3) is 3.08. The molecule has 0 radical (unpaired) electrons. The van der Waals surface area contributed by atoms with E-state index in [1.165, 1.54) is 4.90 Å². The lowest BCUT2D eigenvalue weighted by molar-refractivity contribution is -0.140. The molecule has 1 aliphatic rings. The minimum Gasteiger partial charge on any atom is -0.494 e. The van der Waals surface area contributed by atoms with Gasteiger partial charge in [0.15, 0.2) is 0 Å². The van der Waals surface area contributed by atoms with Crippen molar-refractivity contribution in [1.82, 2.24) is 4.90 Å². The zero-order valence-corrected chi connectivity index (χ0v) is 12.7. The van der Waals surface area contributed by atoms with Crippen molar-refractivity contribution in [1.29, 1.82) is 0 Å². The zero-order chi connectivity index (χ0) is 15.6. The number of nitrogens with two attached hydrogens (primary N) is 1. The number of hydrogen-bond acceptors (Lipinski definition) is 4. The highest BCUT2D eigenvalue weighted by Crippen LogP contribution is 2.27. The van der Waals surface area contributed by atoms with Crippen LogP contribution in [0.4, 0.5) is 0 Å². The van der Waals surface area contributed by atoms with Crippen molar-refractivity contribution in [2.45, 2.75) is 26.8 Å². The molecule has 2 rings (SSSR count). The zero-order valence-electron chi connectivity index (χ0n) is 12.7. The van der Waals surface area contributed by atoms with E-state index in [1.54, 1.807) is 13.8 Å². The summed E-state index contributed by atoms with van der Waals surface area (Å²) >= 11 is 0. The summed E-state index contributed by atoms with van der Waals surface area (Å²) in [6, 6.07) is 7.04. The number of amides is 2. The molecule has 0 aliphatic carbocycles. The number of ether oxygens (including phenoxy) is 1. The summed E-state index contributed by atoms with van der Waals surface area (Å²) in [5.41, 5.74) is 7.01. The minimum atomic E-state index is -0.383. The van der Waals surface area contributed by atoms with E-state index >= 15 is 0 Å². The molecule has 1 heterocycles. The predicted molar refractivity (Wildman–Crippen MR) is 79.6 cm³/mol. The highest BCUT2D eigenvalue weighted by molar-refractivity contribution is 6.04. The Morgan fingerprint density at radius 2 is 1.67 bits per heavy atom. The van der Waals surface area contributed by atoms with E-state index in [4.69, 9.17) is 10.5 Å². The van der Waals surface area contributed by atoms with Crippen LogP contribution in [0.2, 0.25) is 0 Å². The number of benzene rings is 1. The maximum absolute atomic E-state index is 12.1. The standard InChI is InChI=1S/C16H22N2O3/c1-4-21-13-7-5-12(6-8-13)14(17)9-18-15(19)10(2)11(3)16(18)20/h5-8,10-11,14H,4,9,17H2,1-3H3. The first-order valence-corrected chi connectivity index (χ1v) is 7.29. The molecule has 5 heteroatoms. The van der Waals surface area contributed by atoms with Crippen LogP contribution >= 0.6 is 0 Å². The molecular formula is C16H22N2O3. The maximum Gasteiger partial charge on any atom is 0.232 e. The van der Waals surface area contributed by atoms with E-state index < -0.39 is 0 Å². The van der Waals surface area contributed by atoms with Crippen LogP contribution < -0.4 is 10.5 Å². The lowest BCUT2D eigenvalue weighted by Gasteiger charge is -2.20. The van der Waals surface area contributed by atoms with Crippen LogP contribution in [-0.2, 0) is 9.59 Å². The first-order valence-electron chi connectivity index (χ1n) is 7.29. The van der Waals surface area contributed by atoms with Crippen molar-refractivity contribution in [3.05, 3.63) is 29.8 Å². The number of hydrogen-bond donors (Lipinski definition) is 1. The topological polar surface area (TPSA) is 72.6 Å². The van der Waals surface area contributed by atoms with Gasteiger partial charge in [0.2, 0.25) is 11.8 Å². The molecule has 2 amide bonds. The van der Waals surface area contributed by atoms with Crippen LogP contribution in [0.15, 0.2) is 24.3 Å². The smallest absolute Gasteiger partial charge is 0.232 e. The van der Waals surface area contributed by atoms with Gasteiger partial charge in [-0.15, -0.1) is 0 Å². The molecular weight excluding hydrogens is 268 g/mol. The summed E-state index contributed by atoms with van der Waals surface area (Å²) in [7, 11) is 0. The van der Waals surface area contributed by atoms with E-state index in [2.05, 4.69) is 0 Å². The summed E-state index contributed by atoms with van der Waals surface area (Å²) in [6.07, 6.45) is 0. The normalized spacial score (nSPS) is 23.5. The van der Waals surface area contributed by atoms with Crippen molar-refractivity contribution >= 4 is 11.8 Å². The molecule has 1 aromatic carbocycles. The fraction of sp³-hybridized carbons (Fsp3) is 0.500. The van der Waals surface area contributed by atoms with Crippen LogP contribution in [0, 0.1) is 11.8 Å². The van der Waals surface area contributed by atoms with Gasteiger partial charge in [-0.25, -0.2) is 0 Å². The molecule has 1 aliphatic heterocycles. The first-order chi connectivity index (χ1) is 9.95. The average molecular weight is 290 g/mol. The van der Waals surface area contributed by atoms with Crippen LogP contribution in [0.3, 0.4) is 0 Å². The second-order valence-electron chi connectivity index (χ2n) is 5.47. The molecule has 3 atom stereocenters. The summed E-state index contributed by atoms with van der Waals surface area (Å²) in [6.45, 7) is 6.32. The van der Waals surface area contributed by atoms with E-state index in [0.29, 0.717) is 6.61 Å². The van der Waals surface area contributed by atoms with Crippen LogP contribution in [0.1, 0.15) is 32.4 Å².